The van der Waals surface area contributed by atoms with E-state index in [1.807, 2.05) is 42.5 Å². The van der Waals surface area contributed by atoms with Gasteiger partial charge in [0.25, 0.3) is 0 Å². The van der Waals surface area contributed by atoms with Crippen molar-refractivity contribution in [1.82, 2.24) is 9.97 Å². The molecule has 1 aliphatic heterocycles. The minimum absolute atomic E-state index is 0.783. The van der Waals surface area contributed by atoms with Gasteiger partial charge in [-0.05, 0) is 37.3 Å². The molecular weight excluding hydrogens is 360 g/mol. The Kier molecular flexibility index (Phi) is 6.25. The van der Waals surface area contributed by atoms with E-state index >= 15 is 0 Å². The number of piperidine rings is 1. The van der Waals surface area contributed by atoms with Gasteiger partial charge >= 0.3 is 0 Å². The molecule has 0 amide bonds. The van der Waals surface area contributed by atoms with Crippen molar-refractivity contribution in [3.8, 4) is 17.0 Å². The van der Waals surface area contributed by atoms with Gasteiger partial charge in [-0.1, -0.05) is 48.5 Å². The number of methoxy groups -OCH3 is 1. The molecule has 0 atom stereocenters. The van der Waals surface area contributed by atoms with E-state index in [0.717, 1.165) is 54.8 Å². The minimum Gasteiger partial charge on any atom is -0.496 e. The van der Waals surface area contributed by atoms with Crippen LogP contribution in [-0.4, -0.2) is 36.7 Å². The van der Waals surface area contributed by atoms with Crippen molar-refractivity contribution < 1.29 is 4.74 Å². The van der Waals surface area contributed by atoms with E-state index in [4.69, 9.17) is 14.7 Å². The monoisotopic (exact) mass is 388 g/mol. The Labute approximate surface area is 172 Å². The van der Waals surface area contributed by atoms with Crippen molar-refractivity contribution in [3.63, 3.8) is 0 Å². The second-order valence-corrected chi connectivity index (χ2v) is 7.34. The van der Waals surface area contributed by atoms with Crippen LogP contribution in [0, 0.1) is 0 Å². The number of benzene rings is 2. The van der Waals surface area contributed by atoms with Gasteiger partial charge in [-0.25, -0.2) is 4.98 Å². The van der Waals surface area contributed by atoms with Gasteiger partial charge in [0, 0.05) is 31.3 Å². The maximum Gasteiger partial charge on any atom is 0.227 e. The third-order valence-corrected chi connectivity index (χ3v) is 5.32. The molecule has 5 heteroatoms. The van der Waals surface area contributed by atoms with Crippen molar-refractivity contribution in [2.45, 2.75) is 25.7 Å². The highest BCUT2D eigenvalue weighted by molar-refractivity contribution is 5.64. The molecule has 2 heterocycles. The summed E-state index contributed by atoms with van der Waals surface area (Å²) in [5.41, 5.74) is 3.26. The lowest BCUT2D eigenvalue weighted by Gasteiger charge is -2.27. The average molecular weight is 389 g/mol. The van der Waals surface area contributed by atoms with Crippen molar-refractivity contribution in [1.29, 1.82) is 0 Å². The Morgan fingerprint density at radius 3 is 2.48 bits per heavy atom. The zero-order valence-corrected chi connectivity index (χ0v) is 17.0. The van der Waals surface area contributed by atoms with Crippen molar-refractivity contribution in [3.05, 3.63) is 66.2 Å². The number of nitrogens with zero attached hydrogens (tertiary/aromatic N) is 3. The number of ether oxygens (including phenoxy) is 1. The van der Waals surface area contributed by atoms with Gasteiger partial charge in [-0.3, -0.25) is 0 Å². The molecule has 0 bridgehead atoms. The molecule has 0 spiro atoms. The topological polar surface area (TPSA) is 50.3 Å². The first-order valence-electron chi connectivity index (χ1n) is 10.4. The Balaban J connectivity index is 1.54. The molecule has 0 radical (unpaired) electrons. The number of para-hydroxylation sites is 1. The second-order valence-electron chi connectivity index (χ2n) is 7.34. The van der Waals surface area contributed by atoms with Gasteiger partial charge in [-0.15, -0.1) is 0 Å². The molecule has 150 valence electrons. The van der Waals surface area contributed by atoms with Gasteiger partial charge in [0.05, 0.1) is 12.8 Å². The lowest BCUT2D eigenvalue weighted by atomic mass is 10.1. The summed E-state index contributed by atoms with van der Waals surface area (Å²) in [6.45, 7) is 2.84. The summed E-state index contributed by atoms with van der Waals surface area (Å²) >= 11 is 0. The molecule has 29 heavy (non-hydrogen) atoms. The van der Waals surface area contributed by atoms with Crippen LogP contribution in [0.25, 0.3) is 11.3 Å². The van der Waals surface area contributed by atoms with Crippen molar-refractivity contribution in [2.24, 2.45) is 0 Å². The molecule has 0 unspecified atom stereocenters. The highest BCUT2D eigenvalue weighted by atomic mass is 16.5. The molecular formula is C24H28N4O. The van der Waals surface area contributed by atoms with Crippen LogP contribution in [0.5, 0.6) is 5.75 Å². The lowest BCUT2D eigenvalue weighted by molar-refractivity contribution is 0.410. The summed E-state index contributed by atoms with van der Waals surface area (Å²) in [7, 11) is 1.72. The molecule has 0 aliphatic carbocycles. The summed E-state index contributed by atoms with van der Waals surface area (Å²) in [4.78, 5) is 12.0. The van der Waals surface area contributed by atoms with Crippen LogP contribution in [-0.2, 0) is 6.42 Å². The molecule has 1 saturated heterocycles. The zero-order chi connectivity index (χ0) is 19.9. The molecule has 1 fully saturated rings. The average Bonchev–Trinajstić information content (AvgIpc) is 2.80. The Hall–Kier alpha value is -3.08. The predicted molar refractivity (Wildman–Crippen MR) is 119 cm³/mol. The van der Waals surface area contributed by atoms with E-state index in [1.165, 1.54) is 24.8 Å². The van der Waals surface area contributed by atoms with Crippen LogP contribution in [0.3, 0.4) is 0 Å². The van der Waals surface area contributed by atoms with Gasteiger partial charge in [0.15, 0.2) is 0 Å². The van der Waals surface area contributed by atoms with Crippen molar-refractivity contribution in [2.75, 3.05) is 37.0 Å². The number of anilines is 2. The molecule has 2 aromatic carbocycles. The van der Waals surface area contributed by atoms with E-state index in [1.54, 1.807) is 7.11 Å². The van der Waals surface area contributed by atoms with E-state index in [-0.39, 0.29) is 0 Å². The van der Waals surface area contributed by atoms with Crippen LogP contribution >= 0.6 is 0 Å². The quantitative estimate of drug-likeness (QED) is 0.630. The largest absolute Gasteiger partial charge is 0.496 e. The molecule has 5 nitrogen and oxygen atoms in total. The standard InChI is InChI=1S/C24H28N4O/c1-29-22-13-7-6-12-20(22)14-15-25-23-18-21(19-10-4-2-5-11-19)26-24(27-23)28-16-8-3-9-17-28/h2,4-7,10-13,18H,3,8-9,14-17H2,1H3,(H,25,26,27). The number of hydrogen-bond acceptors (Lipinski definition) is 5. The molecule has 1 N–H and O–H groups in total. The van der Waals surface area contributed by atoms with E-state index in [0.29, 0.717) is 0 Å². The lowest BCUT2D eigenvalue weighted by Crippen LogP contribution is -2.31. The molecule has 1 aromatic heterocycles. The summed E-state index contributed by atoms with van der Waals surface area (Å²) in [5.74, 6) is 2.62. The molecule has 1 aliphatic rings. The number of aromatic nitrogens is 2. The normalized spacial score (nSPS) is 13.9. The van der Waals surface area contributed by atoms with Crippen LogP contribution in [0.4, 0.5) is 11.8 Å². The predicted octanol–water partition coefficient (Wildman–Crippen LogP) is 4.80. The Morgan fingerprint density at radius 1 is 0.931 bits per heavy atom. The Morgan fingerprint density at radius 2 is 1.69 bits per heavy atom. The van der Waals surface area contributed by atoms with E-state index in [2.05, 4.69) is 28.4 Å². The van der Waals surface area contributed by atoms with Crippen molar-refractivity contribution >= 4 is 11.8 Å². The van der Waals surface area contributed by atoms with Crippen LogP contribution in [0.1, 0.15) is 24.8 Å². The highest BCUT2D eigenvalue weighted by Gasteiger charge is 2.16. The van der Waals surface area contributed by atoms with Crippen LogP contribution in [0.15, 0.2) is 60.7 Å². The fraction of sp³-hybridized carbons (Fsp3) is 0.333. The Bertz CT molecular complexity index is 923. The first kappa shape index (κ1) is 19.2. The van der Waals surface area contributed by atoms with Gasteiger partial charge in [0.2, 0.25) is 5.95 Å². The fourth-order valence-corrected chi connectivity index (χ4v) is 3.75. The number of hydrogen-bond donors (Lipinski definition) is 1. The first-order valence-corrected chi connectivity index (χ1v) is 10.4. The summed E-state index contributed by atoms with van der Waals surface area (Å²) < 4.78 is 5.46. The summed E-state index contributed by atoms with van der Waals surface area (Å²) in [6, 6.07) is 20.5. The third-order valence-electron chi connectivity index (χ3n) is 5.32. The smallest absolute Gasteiger partial charge is 0.227 e. The molecule has 0 saturated carbocycles. The second kappa shape index (κ2) is 9.41. The van der Waals surface area contributed by atoms with Gasteiger partial charge in [0.1, 0.15) is 11.6 Å². The summed E-state index contributed by atoms with van der Waals surface area (Å²) in [6.07, 6.45) is 4.57. The SMILES string of the molecule is COc1ccccc1CCNc1cc(-c2ccccc2)nc(N2CCCCC2)n1. The number of nitrogens with one attached hydrogen (secondary N) is 1. The van der Waals surface area contributed by atoms with Crippen LogP contribution < -0.4 is 15.0 Å². The maximum absolute atomic E-state index is 5.46. The van der Waals surface area contributed by atoms with Gasteiger partial charge in [-0.2, -0.15) is 4.98 Å². The van der Waals surface area contributed by atoms with E-state index < -0.39 is 0 Å². The zero-order valence-electron chi connectivity index (χ0n) is 17.0. The minimum atomic E-state index is 0.783. The highest BCUT2D eigenvalue weighted by Crippen LogP contribution is 2.25. The third kappa shape index (κ3) is 4.86. The van der Waals surface area contributed by atoms with E-state index in [9.17, 15) is 0 Å². The van der Waals surface area contributed by atoms with Gasteiger partial charge < -0.3 is 15.0 Å². The maximum atomic E-state index is 5.46. The molecule has 3 aromatic rings. The fourth-order valence-electron chi connectivity index (χ4n) is 3.75. The first-order chi connectivity index (χ1) is 14.3. The van der Waals surface area contributed by atoms with Crippen LogP contribution in [0.2, 0.25) is 0 Å². The summed E-state index contributed by atoms with van der Waals surface area (Å²) in [5, 5.41) is 3.50. The molecule has 4 rings (SSSR count). The number of rotatable bonds is 7.